The molecule has 2 atom stereocenters. The van der Waals surface area contributed by atoms with E-state index in [1.807, 2.05) is 18.2 Å². The van der Waals surface area contributed by atoms with E-state index in [0.717, 1.165) is 17.7 Å². The van der Waals surface area contributed by atoms with E-state index >= 15 is 0 Å². The molecule has 1 fully saturated rings. The largest absolute Gasteiger partial charge is 0.493 e. The summed E-state index contributed by atoms with van der Waals surface area (Å²) in [5, 5.41) is 4.46. The van der Waals surface area contributed by atoms with Crippen molar-refractivity contribution in [1.82, 2.24) is 5.43 Å². The van der Waals surface area contributed by atoms with Gasteiger partial charge in [-0.15, -0.1) is 0 Å². The molecule has 1 heterocycles. The first-order chi connectivity index (χ1) is 10.9. The summed E-state index contributed by atoms with van der Waals surface area (Å²) >= 11 is 0. The van der Waals surface area contributed by atoms with Gasteiger partial charge in [0.25, 0.3) is 0 Å². The van der Waals surface area contributed by atoms with Gasteiger partial charge < -0.3 is 14.9 Å². The molecule has 0 amide bonds. The molecule has 5 heteroatoms. The van der Waals surface area contributed by atoms with E-state index in [9.17, 15) is 4.79 Å². The van der Waals surface area contributed by atoms with E-state index < -0.39 is 0 Å². The van der Waals surface area contributed by atoms with Gasteiger partial charge in [0.2, 0.25) is 0 Å². The van der Waals surface area contributed by atoms with Crippen LogP contribution >= 0.6 is 0 Å². The van der Waals surface area contributed by atoms with Gasteiger partial charge in [-0.2, -0.15) is 5.10 Å². The number of Topliss-reactive ketones (excluding diaryl/α,β-unsaturated/α-hetero) is 1. The van der Waals surface area contributed by atoms with Gasteiger partial charge in [-0.1, -0.05) is 19.9 Å². The second-order valence-corrected chi connectivity index (χ2v) is 7.19. The number of hydrogen-bond donors (Lipinski definition) is 1. The van der Waals surface area contributed by atoms with Crippen LogP contribution in [-0.4, -0.2) is 31.8 Å². The van der Waals surface area contributed by atoms with Crippen LogP contribution in [0.25, 0.3) is 0 Å². The molecular weight excluding hydrogens is 292 g/mol. The highest BCUT2D eigenvalue weighted by Gasteiger charge is 2.45. The fourth-order valence-electron chi connectivity index (χ4n) is 3.71. The summed E-state index contributed by atoms with van der Waals surface area (Å²) in [4.78, 5) is 12.6. The molecule has 0 radical (unpaired) electrons. The van der Waals surface area contributed by atoms with Crippen molar-refractivity contribution in [2.45, 2.75) is 39.2 Å². The molecule has 2 aliphatic rings. The number of benzene rings is 1. The highest BCUT2D eigenvalue weighted by molar-refractivity contribution is 6.08. The zero-order valence-corrected chi connectivity index (χ0v) is 14.2. The summed E-state index contributed by atoms with van der Waals surface area (Å²) in [6.45, 7) is 4.30. The Balaban J connectivity index is 1.78. The number of rotatable bonds is 4. The molecule has 0 unspecified atom stereocenters. The van der Waals surface area contributed by atoms with Gasteiger partial charge >= 0.3 is 0 Å². The van der Waals surface area contributed by atoms with Crippen molar-refractivity contribution in [2.75, 3.05) is 14.2 Å². The molecule has 0 bridgehead atoms. The average Bonchev–Trinajstić information content (AvgIpc) is 2.88. The summed E-state index contributed by atoms with van der Waals surface area (Å²) in [6, 6.07) is 5.97. The molecule has 5 nitrogen and oxygen atoms in total. The Hall–Kier alpha value is -2.04. The van der Waals surface area contributed by atoms with Gasteiger partial charge in [0.05, 0.1) is 31.9 Å². The Bertz CT molecular complexity index is 652. The van der Waals surface area contributed by atoms with Gasteiger partial charge in [0.1, 0.15) is 5.78 Å². The molecule has 1 saturated carbocycles. The van der Waals surface area contributed by atoms with E-state index in [-0.39, 0.29) is 17.4 Å². The van der Waals surface area contributed by atoms with Gasteiger partial charge in [-0.25, -0.2) is 0 Å². The van der Waals surface area contributed by atoms with Gasteiger partial charge in [0.15, 0.2) is 11.5 Å². The lowest BCUT2D eigenvalue weighted by atomic mass is 9.68. The van der Waals surface area contributed by atoms with Gasteiger partial charge in [-0.05, 0) is 29.5 Å². The third kappa shape index (κ3) is 3.05. The highest BCUT2D eigenvalue weighted by Crippen LogP contribution is 2.39. The number of carbonyl (C=O) groups is 1. The minimum Gasteiger partial charge on any atom is -0.493 e. The highest BCUT2D eigenvalue weighted by atomic mass is 16.5. The second kappa shape index (κ2) is 5.87. The number of hydrazone groups is 1. The summed E-state index contributed by atoms with van der Waals surface area (Å²) in [5.41, 5.74) is 5.24. The lowest BCUT2D eigenvalue weighted by molar-refractivity contribution is -0.126. The zero-order valence-electron chi connectivity index (χ0n) is 14.2. The summed E-state index contributed by atoms with van der Waals surface area (Å²) in [6.07, 6.45) is 2.25. The van der Waals surface area contributed by atoms with Crippen LogP contribution in [0.2, 0.25) is 0 Å². The van der Waals surface area contributed by atoms with Crippen LogP contribution in [-0.2, 0) is 11.2 Å². The van der Waals surface area contributed by atoms with Crippen LogP contribution in [0.4, 0.5) is 0 Å². The predicted molar refractivity (Wildman–Crippen MR) is 89.1 cm³/mol. The first-order valence-corrected chi connectivity index (χ1v) is 7.99. The maximum atomic E-state index is 12.6. The van der Waals surface area contributed by atoms with Crippen molar-refractivity contribution in [3.8, 4) is 11.5 Å². The summed E-state index contributed by atoms with van der Waals surface area (Å²) in [5.74, 6) is 1.62. The third-order valence-electron chi connectivity index (χ3n) is 4.74. The lowest BCUT2D eigenvalue weighted by Crippen LogP contribution is -2.45. The quantitative estimate of drug-likeness (QED) is 0.927. The number of nitrogens with one attached hydrogen (secondary N) is 1. The SMILES string of the molecule is COc1ccc(CC2=NN[C@H]3CC(C)(C)CC(=O)[C@@H]23)cc1OC. The monoisotopic (exact) mass is 316 g/mol. The van der Waals surface area contributed by atoms with Crippen LogP contribution in [0.15, 0.2) is 23.3 Å². The molecule has 0 spiro atoms. The van der Waals surface area contributed by atoms with Crippen LogP contribution in [0.1, 0.15) is 32.3 Å². The van der Waals surface area contributed by atoms with Crippen LogP contribution in [0.5, 0.6) is 11.5 Å². The van der Waals surface area contributed by atoms with E-state index in [1.165, 1.54) is 0 Å². The number of ketones is 1. The van der Waals surface area contributed by atoms with E-state index in [4.69, 9.17) is 9.47 Å². The molecule has 23 heavy (non-hydrogen) atoms. The average molecular weight is 316 g/mol. The molecule has 1 aromatic rings. The Kier molecular flexibility index (Phi) is 4.04. The van der Waals surface area contributed by atoms with E-state index in [1.54, 1.807) is 14.2 Å². The van der Waals surface area contributed by atoms with Crippen molar-refractivity contribution in [3.63, 3.8) is 0 Å². The molecule has 0 saturated heterocycles. The summed E-state index contributed by atoms with van der Waals surface area (Å²) < 4.78 is 10.6. The molecule has 1 aliphatic heterocycles. The zero-order chi connectivity index (χ0) is 16.6. The number of nitrogens with zero attached hydrogens (tertiary/aromatic N) is 1. The number of fused-ring (bicyclic) bond motifs is 1. The Morgan fingerprint density at radius 2 is 2.00 bits per heavy atom. The van der Waals surface area contributed by atoms with Crippen molar-refractivity contribution in [1.29, 1.82) is 0 Å². The standard InChI is InChI=1S/C18H24N2O3/c1-18(2)9-13-17(14(21)10-18)12(19-20-13)7-11-5-6-15(22-3)16(8-11)23-4/h5-6,8,13,17,20H,7,9-10H2,1-4H3/t13-,17-/m0/s1. The molecule has 124 valence electrons. The van der Waals surface area contributed by atoms with Crippen molar-refractivity contribution < 1.29 is 14.3 Å². The maximum Gasteiger partial charge on any atom is 0.160 e. The third-order valence-corrected chi connectivity index (χ3v) is 4.74. The number of methoxy groups -OCH3 is 2. The smallest absolute Gasteiger partial charge is 0.160 e. The number of hydrogen-bond acceptors (Lipinski definition) is 5. The summed E-state index contributed by atoms with van der Waals surface area (Å²) in [7, 11) is 3.24. The molecule has 3 rings (SSSR count). The lowest BCUT2D eigenvalue weighted by Gasteiger charge is -2.36. The van der Waals surface area contributed by atoms with Crippen molar-refractivity contribution in [2.24, 2.45) is 16.4 Å². The van der Waals surface area contributed by atoms with Crippen LogP contribution in [0.3, 0.4) is 0 Å². The molecular formula is C18H24N2O3. The fraction of sp³-hybridized carbons (Fsp3) is 0.556. The van der Waals surface area contributed by atoms with Crippen LogP contribution < -0.4 is 14.9 Å². The number of ether oxygens (including phenoxy) is 2. The predicted octanol–water partition coefficient (Wildman–Crippen LogP) is 2.58. The minimum absolute atomic E-state index is 0.0551. The number of carbonyl (C=O) groups excluding carboxylic acids is 1. The second-order valence-electron chi connectivity index (χ2n) is 7.19. The van der Waals surface area contributed by atoms with Crippen molar-refractivity contribution in [3.05, 3.63) is 23.8 Å². The van der Waals surface area contributed by atoms with Crippen LogP contribution in [0, 0.1) is 11.3 Å². The maximum absolute atomic E-state index is 12.6. The molecule has 1 aliphatic carbocycles. The Morgan fingerprint density at radius 1 is 1.26 bits per heavy atom. The topological polar surface area (TPSA) is 59.9 Å². The first kappa shape index (κ1) is 15.8. The fourth-order valence-corrected chi connectivity index (χ4v) is 3.71. The minimum atomic E-state index is -0.0869. The molecule has 0 aromatic heterocycles. The van der Waals surface area contributed by atoms with Gasteiger partial charge in [0, 0.05) is 12.8 Å². The van der Waals surface area contributed by atoms with Crippen molar-refractivity contribution >= 4 is 11.5 Å². The van der Waals surface area contributed by atoms with E-state index in [2.05, 4.69) is 24.4 Å². The Labute approximate surface area is 137 Å². The molecule has 1 aromatic carbocycles. The Morgan fingerprint density at radius 3 is 2.70 bits per heavy atom. The normalized spacial score (nSPS) is 25.4. The van der Waals surface area contributed by atoms with Gasteiger partial charge in [-0.3, -0.25) is 4.79 Å². The molecule has 1 N–H and O–H groups in total. The van der Waals surface area contributed by atoms with E-state index in [0.29, 0.717) is 30.1 Å². The first-order valence-electron chi connectivity index (χ1n) is 7.99.